The van der Waals surface area contributed by atoms with Crippen molar-refractivity contribution in [1.82, 2.24) is 20.3 Å². The van der Waals surface area contributed by atoms with E-state index in [2.05, 4.69) is 21.4 Å². The van der Waals surface area contributed by atoms with Crippen LogP contribution in [0.4, 0.5) is 0 Å². The molecular weight excluding hydrogens is 556 g/mol. The van der Waals surface area contributed by atoms with Gasteiger partial charge in [-0.2, -0.15) is 0 Å². The first kappa shape index (κ1) is 30.8. The maximum Gasteiger partial charge on any atom is 0.274 e. The standard InChI is InChI=1S/C35H39N4O5/c1-6-36-34(42)32-31(33(44-37-32)28-18-27(21(2)3)29(40)19-30(28)41)25-9-7-24(8-10-25)20-38-11-13-39(14-12-38)35(43)26-16-22(4)15-23(5)17-26/h7-10,16-19,21,40-41H,6,11-14,20H2,1-5H3,(H,36,42). The molecule has 3 N–H and O–H groups in total. The number of carbonyl (C=O) groups is 2. The number of phenolic OH excluding ortho intramolecular Hbond substituents is 2. The summed E-state index contributed by atoms with van der Waals surface area (Å²) in [5, 5.41) is 28.0. The number of hydrogen-bond donors (Lipinski definition) is 3. The molecule has 1 radical (unpaired) electrons. The van der Waals surface area contributed by atoms with E-state index in [1.54, 1.807) is 6.07 Å². The van der Waals surface area contributed by atoms with Crippen LogP contribution < -0.4 is 5.32 Å². The number of nitrogens with zero attached hydrogens (tertiary/aromatic N) is 3. The van der Waals surface area contributed by atoms with Gasteiger partial charge in [0.05, 0.1) is 11.1 Å². The van der Waals surface area contributed by atoms with Crippen LogP contribution in [0.25, 0.3) is 22.5 Å². The number of rotatable bonds is 8. The monoisotopic (exact) mass is 595 g/mol. The summed E-state index contributed by atoms with van der Waals surface area (Å²) in [6.45, 7) is 13.6. The van der Waals surface area contributed by atoms with Crippen LogP contribution in [0.5, 0.6) is 11.5 Å². The fourth-order valence-electron chi connectivity index (χ4n) is 5.72. The van der Waals surface area contributed by atoms with Crippen LogP contribution in [-0.2, 0) is 6.54 Å². The molecule has 0 bridgehead atoms. The molecule has 1 fully saturated rings. The third-order valence-electron chi connectivity index (χ3n) is 7.95. The Bertz CT molecular complexity index is 1650. The SMILES string of the molecule is CCNC(=O)c1noc(-c2cc(C(C)C)c(O)cc2O)c1-c1ccc(CN2CCN(C(=O)c3cc(C)[c]c(C)c3)CC2)cc1. The molecule has 0 aliphatic carbocycles. The molecule has 2 heterocycles. The lowest BCUT2D eigenvalue weighted by Crippen LogP contribution is -2.48. The summed E-state index contributed by atoms with van der Waals surface area (Å²) in [6, 6.07) is 17.8. The third-order valence-corrected chi connectivity index (χ3v) is 7.95. The number of carbonyl (C=O) groups excluding carboxylic acids is 2. The van der Waals surface area contributed by atoms with Gasteiger partial charge in [-0.25, -0.2) is 0 Å². The Morgan fingerprint density at radius 2 is 1.64 bits per heavy atom. The van der Waals surface area contributed by atoms with E-state index in [4.69, 9.17) is 4.52 Å². The summed E-state index contributed by atoms with van der Waals surface area (Å²) in [5.74, 6) is -0.257. The second-order valence-corrected chi connectivity index (χ2v) is 11.7. The minimum absolute atomic E-state index is 0.00626. The van der Waals surface area contributed by atoms with Crippen molar-refractivity contribution in [2.24, 2.45) is 0 Å². The van der Waals surface area contributed by atoms with Gasteiger partial charge in [-0.05, 0) is 78.8 Å². The summed E-state index contributed by atoms with van der Waals surface area (Å²) in [7, 11) is 0. The Balaban J connectivity index is 1.35. The highest BCUT2D eigenvalue weighted by Gasteiger charge is 2.27. The van der Waals surface area contributed by atoms with Gasteiger partial charge in [-0.3, -0.25) is 14.5 Å². The molecule has 1 aromatic heterocycles. The number of aromatic nitrogens is 1. The van der Waals surface area contributed by atoms with Gasteiger partial charge in [0.25, 0.3) is 11.8 Å². The van der Waals surface area contributed by atoms with Gasteiger partial charge < -0.3 is 25.0 Å². The Labute approximate surface area is 258 Å². The van der Waals surface area contributed by atoms with E-state index in [-0.39, 0.29) is 40.7 Å². The molecule has 0 spiro atoms. The smallest absolute Gasteiger partial charge is 0.274 e. The van der Waals surface area contributed by atoms with Crippen molar-refractivity contribution in [3.63, 3.8) is 0 Å². The predicted octanol–water partition coefficient (Wildman–Crippen LogP) is 5.67. The molecule has 229 valence electrons. The number of aryl methyl sites for hydroxylation is 2. The molecule has 0 unspecified atom stereocenters. The average molecular weight is 596 g/mol. The van der Waals surface area contributed by atoms with Gasteiger partial charge in [0.15, 0.2) is 11.5 Å². The van der Waals surface area contributed by atoms with Gasteiger partial charge in [0, 0.05) is 50.9 Å². The van der Waals surface area contributed by atoms with Gasteiger partial charge in [-0.15, -0.1) is 0 Å². The zero-order valence-electron chi connectivity index (χ0n) is 25.9. The van der Waals surface area contributed by atoms with Gasteiger partial charge in [0.2, 0.25) is 0 Å². The molecule has 4 aromatic rings. The molecule has 0 saturated carbocycles. The van der Waals surface area contributed by atoms with E-state index in [1.807, 2.05) is 75.9 Å². The maximum atomic E-state index is 13.1. The number of hydrogen-bond acceptors (Lipinski definition) is 7. The Kier molecular flexibility index (Phi) is 9.06. The largest absolute Gasteiger partial charge is 0.508 e. The van der Waals surface area contributed by atoms with E-state index in [1.165, 1.54) is 6.07 Å². The maximum absolute atomic E-state index is 13.1. The Morgan fingerprint density at radius 3 is 2.25 bits per heavy atom. The molecule has 2 amide bonds. The van der Waals surface area contributed by atoms with Gasteiger partial charge in [-0.1, -0.05) is 43.3 Å². The molecule has 0 atom stereocenters. The second kappa shape index (κ2) is 12.9. The second-order valence-electron chi connectivity index (χ2n) is 11.7. The minimum atomic E-state index is -0.379. The first-order chi connectivity index (χ1) is 21.0. The summed E-state index contributed by atoms with van der Waals surface area (Å²) >= 11 is 0. The van der Waals surface area contributed by atoms with Crippen molar-refractivity contribution in [3.05, 3.63) is 88.1 Å². The van der Waals surface area contributed by atoms with E-state index >= 15 is 0 Å². The summed E-state index contributed by atoms with van der Waals surface area (Å²) in [5.41, 5.74) is 6.02. The molecule has 1 aliphatic rings. The Hall–Kier alpha value is -4.63. The zero-order valence-corrected chi connectivity index (χ0v) is 25.9. The summed E-state index contributed by atoms with van der Waals surface area (Å²) < 4.78 is 5.69. The van der Waals surface area contributed by atoms with E-state index in [9.17, 15) is 19.8 Å². The number of amides is 2. The van der Waals surface area contributed by atoms with Crippen LogP contribution >= 0.6 is 0 Å². The Morgan fingerprint density at radius 1 is 0.977 bits per heavy atom. The van der Waals surface area contributed by atoms with E-state index < -0.39 is 0 Å². The normalized spacial score (nSPS) is 13.8. The van der Waals surface area contributed by atoms with Crippen LogP contribution in [0.2, 0.25) is 0 Å². The first-order valence-electron chi connectivity index (χ1n) is 15.0. The minimum Gasteiger partial charge on any atom is -0.508 e. The lowest BCUT2D eigenvalue weighted by Gasteiger charge is -2.35. The molecular formula is C35H39N4O5. The zero-order chi connectivity index (χ0) is 31.5. The van der Waals surface area contributed by atoms with Gasteiger partial charge in [0.1, 0.15) is 11.5 Å². The first-order valence-corrected chi connectivity index (χ1v) is 15.0. The topological polar surface area (TPSA) is 119 Å². The van der Waals surface area contributed by atoms with Gasteiger partial charge >= 0.3 is 0 Å². The molecule has 1 aliphatic heterocycles. The van der Waals surface area contributed by atoms with Crippen LogP contribution in [-0.4, -0.2) is 69.7 Å². The number of phenols is 2. The molecule has 9 nitrogen and oxygen atoms in total. The van der Waals surface area contributed by atoms with Crippen molar-refractivity contribution in [2.45, 2.75) is 47.1 Å². The summed E-state index contributed by atoms with van der Waals surface area (Å²) in [4.78, 5) is 30.3. The van der Waals surface area contributed by atoms with Crippen LogP contribution in [0.15, 0.2) is 53.1 Å². The number of benzene rings is 3. The number of nitrogens with one attached hydrogen (secondary N) is 1. The highest BCUT2D eigenvalue weighted by Crippen LogP contribution is 2.43. The molecule has 5 rings (SSSR count). The lowest BCUT2D eigenvalue weighted by molar-refractivity contribution is 0.0628. The van der Waals surface area contributed by atoms with E-state index in [0.717, 1.165) is 36.3 Å². The van der Waals surface area contributed by atoms with E-state index in [0.29, 0.717) is 47.5 Å². The lowest BCUT2D eigenvalue weighted by atomic mass is 9.94. The molecule has 9 heteroatoms. The molecule has 1 saturated heterocycles. The third kappa shape index (κ3) is 6.48. The molecule has 44 heavy (non-hydrogen) atoms. The number of aromatic hydroxyl groups is 2. The molecule has 3 aromatic carbocycles. The van der Waals surface area contributed by atoms with Crippen molar-refractivity contribution < 1.29 is 24.3 Å². The highest BCUT2D eigenvalue weighted by atomic mass is 16.5. The van der Waals surface area contributed by atoms with Crippen molar-refractivity contribution in [1.29, 1.82) is 0 Å². The van der Waals surface area contributed by atoms with Crippen LogP contribution in [0, 0.1) is 19.9 Å². The fraction of sp³-hybridized carbons (Fsp3) is 0.343. The number of piperazine rings is 1. The fourth-order valence-corrected chi connectivity index (χ4v) is 5.72. The van der Waals surface area contributed by atoms with Crippen LogP contribution in [0.1, 0.15) is 69.8 Å². The quantitative estimate of drug-likeness (QED) is 0.240. The van der Waals surface area contributed by atoms with Crippen molar-refractivity contribution in [2.75, 3.05) is 32.7 Å². The van der Waals surface area contributed by atoms with Crippen LogP contribution in [0.3, 0.4) is 0 Å². The summed E-state index contributed by atoms with van der Waals surface area (Å²) in [6.07, 6.45) is 0. The average Bonchev–Trinajstić information content (AvgIpc) is 3.42. The highest BCUT2D eigenvalue weighted by molar-refractivity contribution is 6.02. The van der Waals surface area contributed by atoms with Crippen molar-refractivity contribution >= 4 is 11.8 Å². The predicted molar refractivity (Wildman–Crippen MR) is 169 cm³/mol. The van der Waals surface area contributed by atoms with Crippen molar-refractivity contribution in [3.8, 4) is 33.9 Å².